The Hall–Kier alpha value is -1.50. The molecule has 0 radical (unpaired) electrons. The number of hydrogen-bond donors (Lipinski definition) is 0. The van der Waals surface area contributed by atoms with E-state index in [4.69, 9.17) is 23.2 Å². The highest BCUT2D eigenvalue weighted by Crippen LogP contribution is 2.29. The third kappa shape index (κ3) is 2.47. The molecule has 19 heavy (non-hydrogen) atoms. The third-order valence-electron chi connectivity index (χ3n) is 3.29. The number of halogens is 2. The van der Waals surface area contributed by atoms with E-state index in [2.05, 4.69) is 42.5 Å². The molecule has 3 aromatic carbocycles. The lowest BCUT2D eigenvalue weighted by Gasteiger charge is -2.09. The minimum atomic E-state index is 0.611. The molecule has 0 unspecified atom stereocenters. The van der Waals surface area contributed by atoms with E-state index >= 15 is 0 Å². The monoisotopic (exact) mass is 286 g/mol. The highest BCUT2D eigenvalue weighted by Gasteiger charge is 2.07. The van der Waals surface area contributed by atoms with Gasteiger partial charge >= 0.3 is 0 Å². The van der Waals surface area contributed by atoms with Gasteiger partial charge in [-0.15, -0.1) is 0 Å². The molecule has 3 aromatic rings. The van der Waals surface area contributed by atoms with Gasteiger partial charge < -0.3 is 0 Å². The lowest BCUT2D eigenvalue weighted by atomic mass is 9.98. The molecule has 2 heteroatoms. The zero-order valence-electron chi connectivity index (χ0n) is 10.2. The molecule has 0 amide bonds. The second kappa shape index (κ2) is 5.24. The summed E-state index contributed by atoms with van der Waals surface area (Å²) >= 11 is 12.3. The van der Waals surface area contributed by atoms with Crippen LogP contribution in [0.3, 0.4) is 0 Å². The fraction of sp³-hybridized carbons (Fsp3) is 0.0588. The van der Waals surface area contributed by atoms with Gasteiger partial charge in [0.05, 0.1) is 10.0 Å². The maximum Gasteiger partial charge on any atom is 0.0627 e. The van der Waals surface area contributed by atoms with Crippen LogP contribution in [0.1, 0.15) is 11.1 Å². The molecule has 0 saturated carbocycles. The second-order valence-corrected chi connectivity index (χ2v) is 5.31. The van der Waals surface area contributed by atoms with Crippen molar-refractivity contribution in [1.82, 2.24) is 0 Å². The van der Waals surface area contributed by atoms with Crippen LogP contribution in [-0.4, -0.2) is 0 Å². The fourth-order valence-corrected chi connectivity index (χ4v) is 2.72. The molecular formula is C17H12Cl2. The fourth-order valence-electron chi connectivity index (χ4n) is 2.34. The van der Waals surface area contributed by atoms with Gasteiger partial charge in [-0.05, 0) is 34.4 Å². The zero-order valence-corrected chi connectivity index (χ0v) is 11.7. The summed E-state index contributed by atoms with van der Waals surface area (Å²) in [6.45, 7) is 0. The molecule has 0 aromatic heterocycles. The van der Waals surface area contributed by atoms with Crippen LogP contribution in [0.15, 0.2) is 60.7 Å². The van der Waals surface area contributed by atoms with Crippen LogP contribution in [0.4, 0.5) is 0 Å². The molecule has 0 fully saturated rings. The Bertz CT molecular complexity index is 727. The number of fused-ring (bicyclic) bond motifs is 1. The van der Waals surface area contributed by atoms with Crippen molar-refractivity contribution in [2.45, 2.75) is 6.42 Å². The minimum absolute atomic E-state index is 0.611. The summed E-state index contributed by atoms with van der Waals surface area (Å²) in [6, 6.07) is 20.5. The van der Waals surface area contributed by atoms with Gasteiger partial charge in [0.1, 0.15) is 0 Å². The Balaban J connectivity index is 2.09. The predicted molar refractivity (Wildman–Crippen MR) is 83.2 cm³/mol. The Morgan fingerprint density at radius 1 is 0.684 bits per heavy atom. The third-order valence-corrected chi connectivity index (χ3v) is 4.15. The van der Waals surface area contributed by atoms with Crippen molar-refractivity contribution < 1.29 is 0 Å². The summed E-state index contributed by atoms with van der Waals surface area (Å²) in [5.74, 6) is 0. The van der Waals surface area contributed by atoms with Gasteiger partial charge in [0.25, 0.3) is 0 Å². The van der Waals surface area contributed by atoms with Crippen molar-refractivity contribution in [3.05, 3.63) is 81.8 Å². The van der Waals surface area contributed by atoms with Crippen LogP contribution in [0, 0.1) is 0 Å². The number of benzene rings is 3. The number of hydrogen-bond acceptors (Lipinski definition) is 0. The van der Waals surface area contributed by atoms with Crippen LogP contribution in [-0.2, 0) is 6.42 Å². The van der Waals surface area contributed by atoms with Crippen molar-refractivity contribution in [3.63, 3.8) is 0 Å². The van der Waals surface area contributed by atoms with Crippen LogP contribution < -0.4 is 0 Å². The number of rotatable bonds is 2. The van der Waals surface area contributed by atoms with Crippen molar-refractivity contribution >= 4 is 34.0 Å². The summed E-state index contributed by atoms with van der Waals surface area (Å²) in [6.07, 6.45) is 0.792. The SMILES string of the molecule is Clc1cccc(Cc2cccc3ccccc23)c1Cl. The van der Waals surface area contributed by atoms with Crippen LogP contribution in [0.5, 0.6) is 0 Å². The van der Waals surface area contributed by atoms with Crippen molar-refractivity contribution in [2.75, 3.05) is 0 Å². The van der Waals surface area contributed by atoms with Gasteiger partial charge in [0.2, 0.25) is 0 Å². The van der Waals surface area contributed by atoms with E-state index in [1.165, 1.54) is 16.3 Å². The Morgan fingerprint density at radius 2 is 1.37 bits per heavy atom. The highest BCUT2D eigenvalue weighted by molar-refractivity contribution is 6.42. The summed E-state index contributed by atoms with van der Waals surface area (Å²) < 4.78 is 0. The molecule has 0 saturated heterocycles. The Kier molecular flexibility index (Phi) is 3.46. The van der Waals surface area contributed by atoms with Crippen molar-refractivity contribution in [3.8, 4) is 0 Å². The van der Waals surface area contributed by atoms with E-state index in [1.54, 1.807) is 0 Å². The van der Waals surface area contributed by atoms with Gasteiger partial charge in [0.15, 0.2) is 0 Å². The molecule has 0 heterocycles. The second-order valence-electron chi connectivity index (χ2n) is 4.53. The van der Waals surface area contributed by atoms with E-state index in [0.29, 0.717) is 10.0 Å². The standard InChI is InChI=1S/C17H12Cl2/c18-16-10-4-8-14(17(16)19)11-13-7-3-6-12-5-1-2-9-15(12)13/h1-10H,11H2. The molecule has 0 aliphatic heterocycles. The molecule has 0 bridgehead atoms. The van der Waals surface area contributed by atoms with Gasteiger partial charge in [-0.2, -0.15) is 0 Å². The van der Waals surface area contributed by atoms with E-state index < -0.39 is 0 Å². The van der Waals surface area contributed by atoms with Crippen molar-refractivity contribution in [1.29, 1.82) is 0 Å². The molecule has 94 valence electrons. The molecule has 0 nitrogen and oxygen atoms in total. The normalized spacial score (nSPS) is 10.8. The van der Waals surface area contributed by atoms with Gasteiger partial charge in [-0.3, -0.25) is 0 Å². The largest absolute Gasteiger partial charge is 0.0827 e. The molecule has 0 aliphatic carbocycles. The smallest absolute Gasteiger partial charge is 0.0627 e. The molecular weight excluding hydrogens is 275 g/mol. The predicted octanol–water partition coefficient (Wildman–Crippen LogP) is 5.74. The van der Waals surface area contributed by atoms with Crippen LogP contribution >= 0.6 is 23.2 Å². The lowest BCUT2D eigenvalue weighted by Crippen LogP contribution is -1.91. The summed E-state index contributed by atoms with van der Waals surface area (Å²) in [4.78, 5) is 0. The lowest BCUT2D eigenvalue weighted by molar-refractivity contribution is 1.21. The maximum atomic E-state index is 6.26. The molecule has 0 spiro atoms. The van der Waals surface area contributed by atoms with Crippen LogP contribution in [0.25, 0.3) is 10.8 Å². The summed E-state index contributed by atoms with van der Waals surface area (Å²) in [7, 11) is 0. The molecule has 0 N–H and O–H groups in total. The quantitative estimate of drug-likeness (QED) is 0.564. The Morgan fingerprint density at radius 3 is 2.26 bits per heavy atom. The zero-order chi connectivity index (χ0) is 13.2. The maximum absolute atomic E-state index is 6.26. The first-order chi connectivity index (χ1) is 9.25. The Labute approximate surface area is 122 Å². The first-order valence-corrected chi connectivity index (χ1v) is 6.91. The van der Waals surface area contributed by atoms with Gasteiger partial charge in [-0.1, -0.05) is 77.8 Å². The van der Waals surface area contributed by atoms with Gasteiger partial charge in [0, 0.05) is 0 Å². The molecule has 3 rings (SSSR count). The summed E-state index contributed by atoms with van der Waals surface area (Å²) in [5, 5.41) is 3.77. The molecule has 0 aliphatic rings. The minimum Gasteiger partial charge on any atom is -0.0827 e. The van der Waals surface area contributed by atoms with Crippen molar-refractivity contribution in [2.24, 2.45) is 0 Å². The molecule has 0 atom stereocenters. The topological polar surface area (TPSA) is 0 Å². The average molecular weight is 287 g/mol. The van der Waals surface area contributed by atoms with Crippen LogP contribution in [0.2, 0.25) is 10.0 Å². The van der Waals surface area contributed by atoms with E-state index in [1.807, 2.05) is 18.2 Å². The van der Waals surface area contributed by atoms with E-state index in [0.717, 1.165) is 12.0 Å². The first-order valence-electron chi connectivity index (χ1n) is 6.15. The van der Waals surface area contributed by atoms with Gasteiger partial charge in [-0.25, -0.2) is 0 Å². The van der Waals surface area contributed by atoms with E-state index in [9.17, 15) is 0 Å². The summed E-state index contributed by atoms with van der Waals surface area (Å²) in [5.41, 5.74) is 2.33. The first kappa shape index (κ1) is 12.5. The average Bonchev–Trinajstić information content (AvgIpc) is 2.44. The van der Waals surface area contributed by atoms with E-state index in [-0.39, 0.29) is 0 Å². The highest BCUT2D eigenvalue weighted by atomic mass is 35.5.